The Morgan fingerprint density at radius 2 is 1.89 bits per heavy atom. The molecular weight excluding hydrogens is 466 g/mol. The summed E-state index contributed by atoms with van der Waals surface area (Å²) < 4.78 is 0. The number of hydrogen-bond donors (Lipinski definition) is 2. The van der Waals surface area contributed by atoms with E-state index in [-0.39, 0.29) is 35.8 Å². The quantitative estimate of drug-likeness (QED) is 0.558. The molecule has 8 nitrogen and oxygen atoms in total. The number of aliphatic hydroxyl groups is 1. The molecule has 4 rings (SSSR count). The Kier molecular flexibility index (Phi) is 8.13. The molecule has 37 heavy (non-hydrogen) atoms. The molecule has 2 aliphatic rings. The maximum Gasteiger partial charge on any atom is 0.251 e. The Morgan fingerprint density at radius 1 is 1.19 bits per heavy atom. The van der Waals surface area contributed by atoms with E-state index < -0.39 is 12.1 Å². The van der Waals surface area contributed by atoms with Gasteiger partial charge in [0.25, 0.3) is 5.91 Å². The van der Waals surface area contributed by atoms with Crippen molar-refractivity contribution in [3.8, 4) is 6.19 Å². The van der Waals surface area contributed by atoms with Gasteiger partial charge in [0.2, 0.25) is 5.91 Å². The van der Waals surface area contributed by atoms with E-state index >= 15 is 0 Å². The molecule has 1 aromatic carbocycles. The number of anilines is 1. The molecule has 0 radical (unpaired) electrons. The first-order valence-electron chi connectivity index (χ1n) is 13.2. The van der Waals surface area contributed by atoms with Gasteiger partial charge in [-0.25, -0.2) is 0 Å². The van der Waals surface area contributed by atoms with Crippen LogP contribution >= 0.6 is 0 Å². The number of benzene rings is 1. The van der Waals surface area contributed by atoms with Gasteiger partial charge < -0.3 is 10.4 Å². The largest absolute Gasteiger partial charge is 0.396 e. The number of pyridine rings is 1. The fourth-order valence-electron chi connectivity index (χ4n) is 5.33. The lowest BCUT2D eigenvalue weighted by Crippen LogP contribution is -2.64. The zero-order valence-electron chi connectivity index (χ0n) is 21.9. The van der Waals surface area contributed by atoms with Crippen LogP contribution in [0.15, 0.2) is 48.8 Å². The van der Waals surface area contributed by atoms with E-state index in [1.807, 2.05) is 24.3 Å². The van der Waals surface area contributed by atoms with Gasteiger partial charge in [-0.3, -0.25) is 24.4 Å². The Balaban J connectivity index is 1.78. The van der Waals surface area contributed by atoms with Gasteiger partial charge >= 0.3 is 0 Å². The third-order valence-electron chi connectivity index (χ3n) is 7.54. The van der Waals surface area contributed by atoms with Crippen LogP contribution in [0.3, 0.4) is 0 Å². The molecule has 2 amide bonds. The SMILES string of the molecule is CC(C)(C)c1ccc(N(C(=O)[C@H]2C(CO)CN2C#N)C(C(=O)NC2CCCCC2)c2cccnc2)cc1. The van der Waals surface area contributed by atoms with E-state index in [0.717, 1.165) is 37.7 Å². The Morgan fingerprint density at radius 3 is 2.46 bits per heavy atom. The number of nitriles is 1. The normalized spacial score (nSPS) is 20.9. The van der Waals surface area contributed by atoms with Crippen molar-refractivity contribution in [2.45, 2.75) is 76.4 Å². The Bertz CT molecular complexity index is 1120. The van der Waals surface area contributed by atoms with Crippen LogP contribution in [0.1, 0.15) is 70.0 Å². The maximum absolute atomic E-state index is 14.2. The second-order valence-electron chi connectivity index (χ2n) is 11.2. The number of aromatic nitrogens is 1. The lowest BCUT2D eigenvalue weighted by Gasteiger charge is -2.46. The molecular formula is C29H37N5O3. The number of rotatable bonds is 7. The van der Waals surface area contributed by atoms with Gasteiger partial charge in [0, 0.05) is 42.1 Å². The van der Waals surface area contributed by atoms with Crippen LogP contribution < -0.4 is 10.2 Å². The minimum Gasteiger partial charge on any atom is -0.396 e. The molecule has 1 aliphatic heterocycles. The van der Waals surface area contributed by atoms with Gasteiger partial charge in [0.15, 0.2) is 6.19 Å². The van der Waals surface area contributed by atoms with E-state index in [1.165, 1.54) is 9.80 Å². The van der Waals surface area contributed by atoms with Gasteiger partial charge in [-0.15, -0.1) is 0 Å². The van der Waals surface area contributed by atoms with E-state index in [2.05, 4.69) is 37.3 Å². The van der Waals surface area contributed by atoms with Crippen molar-refractivity contribution in [2.75, 3.05) is 18.1 Å². The van der Waals surface area contributed by atoms with E-state index in [1.54, 1.807) is 24.5 Å². The molecule has 1 saturated carbocycles. The molecule has 1 aliphatic carbocycles. The topological polar surface area (TPSA) is 110 Å². The summed E-state index contributed by atoms with van der Waals surface area (Å²) in [7, 11) is 0. The Hall–Kier alpha value is -3.44. The summed E-state index contributed by atoms with van der Waals surface area (Å²) in [5.74, 6) is -1.03. The highest BCUT2D eigenvalue weighted by molar-refractivity contribution is 6.04. The van der Waals surface area contributed by atoms with Crippen LogP contribution in [-0.4, -0.2) is 52.0 Å². The van der Waals surface area contributed by atoms with Gasteiger partial charge in [0.05, 0.1) is 6.61 Å². The first-order valence-corrected chi connectivity index (χ1v) is 13.2. The van der Waals surface area contributed by atoms with Gasteiger partial charge in [0.1, 0.15) is 12.1 Å². The molecule has 3 atom stereocenters. The standard InChI is InChI=1S/C29H37N5O3/c1-29(2,3)22-11-13-24(14-12-22)34(28(37)26-21(18-35)17-33(26)19-30)25(20-8-7-15-31-16-20)27(36)32-23-9-5-4-6-10-23/h7-8,11-16,21,23,25-26,35H,4-6,9-10,17-18H2,1-3H3,(H,32,36)/t21?,25?,26-/m1/s1. The molecule has 2 heterocycles. The molecule has 0 bridgehead atoms. The van der Waals surface area contributed by atoms with Crippen LogP contribution in [0.4, 0.5) is 5.69 Å². The number of nitrogens with zero attached hydrogens (tertiary/aromatic N) is 4. The maximum atomic E-state index is 14.2. The van der Waals surface area contributed by atoms with E-state index in [9.17, 15) is 20.0 Å². The van der Waals surface area contributed by atoms with E-state index in [0.29, 0.717) is 17.8 Å². The van der Waals surface area contributed by atoms with Gasteiger partial charge in [-0.1, -0.05) is 58.2 Å². The zero-order chi connectivity index (χ0) is 26.6. The van der Waals surface area contributed by atoms with Crippen molar-refractivity contribution < 1.29 is 14.7 Å². The van der Waals surface area contributed by atoms with Crippen LogP contribution in [0.25, 0.3) is 0 Å². The monoisotopic (exact) mass is 503 g/mol. The third-order valence-corrected chi connectivity index (χ3v) is 7.54. The van der Waals surface area contributed by atoms with Crippen LogP contribution in [0.5, 0.6) is 0 Å². The second-order valence-corrected chi connectivity index (χ2v) is 11.2. The van der Waals surface area contributed by atoms with Crippen LogP contribution in [0.2, 0.25) is 0 Å². The summed E-state index contributed by atoms with van der Waals surface area (Å²) in [6.45, 7) is 6.45. The van der Waals surface area contributed by atoms with Crippen LogP contribution in [0, 0.1) is 17.4 Å². The highest BCUT2D eigenvalue weighted by Gasteiger charge is 2.48. The molecule has 2 aromatic rings. The van der Waals surface area contributed by atoms with Gasteiger partial charge in [-0.05, 0) is 42.0 Å². The molecule has 1 aromatic heterocycles. The number of carbonyl (C=O) groups is 2. The summed E-state index contributed by atoms with van der Waals surface area (Å²) in [6, 6.07) is 9.48. The van der Waals surface area contributed by atoms with Crippen LogP contribution in [-0.2, 0) is 15.0 Å². The highest BCUT2D eigenvalue weighted by atomic mass is 16.3. The second kappa shape index (κ2) is 11.3. The first-order chi connectivity index (χ1) is 17.7. The lowest BCUT2D eigenvalue weighted by atomic mass is 9.86. The molecule has 2 N–H and O–H groups in total. The molecule has 8 heteroatoms. The summed E-state index contributed by atoms with van der Waals surface area (Å²) in [4.78, 5) is 35.2. The number of hydrogen-bond acceptors (Lipinski definition) is 6. The average Bonchev–Trinajstić information content (AvgIpc) is 2.87. The molecule has 196 valence electrons. The zero-order valence-corrected chi connectivity index (χ0v) is 21.9. The van der Waals surface area contributed by atoms with Crippen molar-refractivity contribution in [1.82, 2.24) is 15.2 Å². The average molecular weight is 504 g/mol. The number of likely N-dealkylation sites (tertiary alicyclic amines) is 1. The molecule has 1 saturated heterocycles. The molecule has 2 fully saturated rings. The first kappa shape index (κ1) is 26.6. The fourth-order valence-corrected chi connectivity index (χ4v) is 5.33. The van der Waals surface area contributed by atoms with E-state index in [4.69, 9.17) is 0 Å². The lowest BCUT2D eigenvalue weighted by molar-refractivity contribution is -0.134. The predicted octanol–water partition coefficient (Wildman–Crippen LogP) is 3.68. The number of amides is 2. The highest BCUT2D eigenvalue weighted by Crippen LogP contribution is 2.35. The van der Waals surface area contributed by atoms with Crippen molar-refractivity contribution in [3.63, 3.8) is 0 Å². The summed E-state index contributed by atoms with van der Waals surface area (Å²) in [5.41, 5.74) is 2.17. The summed E-state index contributed by atoms with van der Waals surface area (Å²) in [5, 5.41) is 22.7. The third kappa shape index (κ3) is 5.78. The number of aliphatic hydroxyl groups excluding tert-OH is 1. The predicted molar refractivity (Wildman–Crippen MR) is 141 cm³/mol. The summed E-state index contributed by atoms with van der Waals surface area (Å²) in [6.07, 6.45) is 10.4. The fraction of sp³-hybridized carbons (Fsp3) is 0.517. The smallest absolute Gasteiger partial charge is 0.251 e. The van der Waals surface area contributed by atoms with Gasteiger partial charge in [-0.2, -0.15) is 5.26 Å². The minimum absolute atomic E-state index is 0.0603. The van der Waals surface area contributed by atoms with Crippen molar-refractivity contribution in [3.05, 3.63) is 59.9 Å². The van der Waals surface area contributed by atoms with Crippen molar-refractivity contribution in [2.24, 2.45) is 5.92 Å². The van der Waals surface area contributed by atoms with Crippen molar-refractivity contribution in [1.29, 1.82) is 5.26 Å². The number of nitrogens with one attached hydrogen (secondary N) is 1. The molecule has 2 unspecified atom stereocenters. The van der Waals surface area contributed by atoms with Crippen molar-refractivity contribution >= 4 is 17.5 Å². The summed E-state index contributed by atoms with van der Waals surface area (Å²) >= 11 is 0. The molecule has 0 spiro atoms. The Labute approximate surface area is 219 Å². The number of carbonyl (C=O) groups excluding carboxylic acids is 2. The minimum atomic E-state index is -0.968.